The molecule has 0 bridgehead atoms. The molecule has 0 amide bonds. The van der Waals surface area contributed by atoms with E-state index in [0.717, 1.165) is 6.42 Å². The molecule has 0 unspecified atom stereocenters. The summed E-state index contributed by atoms with van der Waals surface area (Å²) in [6.45, 7) is 0. The second-order valence-electron chi connectivity index (χ2n) is 2.68. The molecule has 1 aromatic carbocycles. The SMILES string of the molecule is [c]1csc(Cc2ccccc2)c1. The molecule has 0 spiro atoms. The highest BCUT2D eigenvalue weighted by molar-refractivity contribution is 7.09. The average Bonchev–Trinajstić information content (AvgIpc) is 2.59. The van der Waals surface area contributed by atoms with Crippen LogP contribution in [-0.4, -0.2) is 0 Å². The van der Waals surface area contributed by atoms with Gasteiger partial charge in [0.25, 0.3) is 0 Å². The summed E-state index contributed by atoms with van der Waals surface area (Å²) in [5.41, 5.74) is 1.37. The molecular formula is C11H9S. The molecule has 1 heterocycles. The van der Waals surface area contributed by atoms with Crippen LogP contribution in [0.15, 0.2) is 41.8 Å². The van der Waals surface area contributed by atoms with Gasteiger partial charge in [-0.15, -0.1) is 11.3 Å². The Morgan fingerprint density at radius 1 is 1.17 bits per heavy atom. The molecule has 0 nitrogen and oxygen atoms in total. The quantitative estimate of drug-likeness (QED) is 0.654. The highest BCUT2D eigenvalue weighted by atomic mass is 32.1. The fourth-order valence-corrected chi connectivity index (χ4v) is 1.83. The molecule has 0 N–H and O–H groups in total. The van der Waals surface area contributed by atoms with Crippen molar-refractivity contribution in [3.63, 3.8) is 0 Å². The lowest BCUT2D eigenvalue weighted by Gasteiger charge is -1.96. The van der Waals surface area contributed by atoms with Crippen LogP contribution in [0.2, 0.25) is 0 Å². The number of hydrogen-bond acceptors (Lipinski definition) is 1. The molecule has 1 aromatic heterocycles. The van der Waals surface area contributed by atoms with Crippen molar-refractivity contribution in [1.29, 1.82) is 0 Å². The minimum absolute atomic E-state index is 1.04. The van der Waals surface area contributed by atoms with Crippen molar-refractivity contribution < 1.29 is 0 Å². The van der Waals surface area contributed by atoms with Crippen LogP contribution in [0.5, 0.6) is 0 Å². The molecule has 12 heavy (non-hydrogen) atoms. The van der Waals surface area contributed by atoms with Crippen LogP contribution >= 0.6 is 11.3 Å². The van der Waals surface area contributed by atoms with Crippen LogP contribution in [0.1, 0.15) is 10.4 Å². The Morgan fingerprint density at radius 3 is 2.67 bits per heavy atom. The van der Waals surface area contributed by atoms with Crippen LogP contribution < -0.4 is 0 Å². The summed E-state index contributed by atoms with van der Waals surface area (Å²) in [7, 11) is 0. The maximum absolute atomic E-state index is 3.07. The van der Waals surface area contributed by atoms with E-state index in [-0.39, 0.29) is 0 Å². The second-order valence-corrected chi connectivity index (χ2v) is 3.67. The maximum atomic E-state index is 3.07. The highest BCUT2D eigenvalue weighted by Gasteiger charge is 1.94. The van der Waals surface area contributed by atoms with Gasteiger partial charge in [0, 0.05) is 11.3 Å². The van der Waals surface area contributed by atoms with Gasteiger partial charge in [0.15, 0.2) is 0 Å². The number of hydrogen-bond donors (Lipinski definition) is 0. The lowest BCUT2D eigenvalue weighted by molar-refractivity contribution is 1.24. The minimum Gasteiger partial charge on any atom is -0.148 e. The van der Waals surface area contributed by atoms with Crippen molar-refractivity contribution >= 4 is 11.3 Å². The third-order valence-electron chi connectivity index (χ3n) is 1.74. The Bertz CT molecular complexity index is 321. The van der Waals surface area contributed by atoms with E-state index in [1.807, 2.05) is 11.4 Å². The van der Waals surface area contributed by atoms with Gasteiger partial charge in [-0.05, 0) is 23.1 Å². The third-order valence-corrected chi connectivity index (χ3v) is 2.56. The first kappa shape index (κ1) is 7.56. The lowest BCUT2D eigenvalue weighted by Crippen LogP contribution is -1.81. The smallest absolute Gasteiger partial charge is 0.00954 e. The summed E-state index contributed by atoms with van der Waals surface area (Å²) in [5, 5.41) is 2.00. The van der Waals surface area contributed by atoms with Gasteiger partial charge in [-0.3, -0.25) is 0 Å². The molecule has 1 heteroatoms. The highest BCUT2D eigenvalue weighted by Crippen LogP contribution is 2.13. The Hall–Kier alpha value is -1.08. The molecule has 0 saturated heterocycles. The van der Waals surface area contributed by atoms with E-state index in [9.17, 15) is 0 Å². The normalized spacial score (nSPS) is 10.0. The first-order valence-corrected chi connectivity index (χ1v) is 4.80. The van der Waals surface area contributed by atoms with E-state index >= 15 is 0 Å². The van der Waals surface area contributed by atoms with Crippen LogP contribution in [0.3, 0.4) is 0 Å². The topological polar surface area (TPSA) is 0 Å². The molecule has 0 atom stereocenters. The van der Waals surface area contributed by atoms with Crippen molar-refractivity contribution in [3.8, 4) is 0 Å². The van der Waals surface area contributed by atoms with Gasteiger partial charge in [0.2, 0.25) is 0 Å². The van der Waals surface area contributed by atoms with Crippen LogP contribution in [0.25, 0.3) is 0 Å². The summed E-state index contributed by atoms with van der Waals surface area (Å²) in [5.74, 6) is 0. The molecule has 0 aliphatic rings. The molecular weight excluding hydrogens is 164 g/mol. The Balaban J connectivity index is 2.15. The van der Waals surface area contributed by atoms with E-state index in [0.29, 0.717) is 0 Å². The van der Waals surface area contributed by atoms with Gasteiger partial charge in [-0.25, -0.2) is 0 Å². The second kappa shape index (κ2) is 3.55. The summed E-state index contributed by atoms with van der Waals surface area (Å²) in [4.78, 5) is 1.38. The van der Waals surface area contributed by atoms with Gasteiger partial charge in [0.05, 0.1) is 0 Å². The van der Waals surface area contributed by atoms with E-state index in [1.165, 1.54) is 10.4 Å². The van der Waals surface area contributed by atoms with Crippen LogP contribution in [0.4, 0.5) is 0 Å². The predicted molar refractivity (Wildman–Crippen MR) is 52.4 cm³/mol. The molecule has 2 aromatic rings. The van der Waals surface area contributed by atoms with E-state index in [4.69, 9.17) is 0 Å². The van der Waals surface area contributed by atoms with Crippen molar-refractivity contribution in [2.24, 2.45) is 0 Å². The largest absolute Gasteiger partial charge is 0.148 e. The first-order valence-electron chi connectivity index (χ1n) is 3.92. The fraction of sp³-hybridized carbons (Fsp3) is 0.0909. The Kier molecular flexibility index (Phi) is 2.23. The lowest BCUT2D eigenvalue weighted by atomic mass is 10.1. The molecule has 59 valence electrons. The van der Waals surface area contributed by atoms with E-state index in [1.54, 1.807) is 11.3 Å². The summed E-state index contributed by atoms with van der Waals surface area (Å²) in [6.07, 6.45) is 1.04. The average molecular weight is 173 g/mol. The zero-order chi connectivity index (χ0) is 8.23. The standard InChI is InChI=1S/C11H9S/c1-2-5-10(6-3-1)9-11-7-4-8-12-11/h1-3,5-8H,9H2. The number of benzene rings is 1. The van der Waals surface area contributed by atoms with Crippen molar-refractivity contribution in [1.82, 2.24) is 0 Å². The molecule has 0 saturated carbocycles. The molecule has 0 aliphatic heterocycles. The predicted octanol–water partition coefficient (Wildman–Crippen LogP) is 3.14. The Labute approximate surface area is 76.5 Å². The van der Waals surface area contributed by atoms with Gasteiger partial charge >= 0.3 is 0 Å². The first-order chi connectivity index (χ1) is 5.95. The maximum Gasteiger partial charge on any atom is 0.00954 e. The van der Waals surface area contributed by atoms with Gasteiger partial charge in [-0.1, -0.05) is 30.3 Å². The number of rotatable bonds is 2. The molecule has 1 radical (unpaired) electrons. The summed E-state index contributed by atoms with van der Waals surface area (Å²) in [6, 6.07) is 15.6. The zero-order valence-corrected chi connectivity index (χ0v) is 7.47. The third kappa shape index (κ3) is 1.74. The van der Waals surface area contributed by atoms with Gasteiger partial charge in [-0.2, -0.15) is 0 Å². The molecule has 0 aliphatic carbocycles. The fourth-order valence-electron chi connectivity index (χ4n) is 1.16. The molecule has 2 rings (SSSR count). The van der Waals surface area contributed by atoms with Crippen molar-refractivity contribution in [2.45, 2.75) is 6.42 Å². The van der Waals surface area contributed by atoms with Crippen LogP contribution in [0, 0.1) is 6.07 Å². The monoisotopic (exact) mass is 173 g/mol. The molecule has 0 fully saturated rings. The van der Waals surface area contributed by atoms with Gasteiger partial charge in [0.1, 0.15) is 0 Å². The zero-order valence-electron chi connectivity index (χ0n) is 6.66. The summed E-state index contributed by atoms with van der Waals surface area (Å²) >= 11 is 1.76. The van der Waals surface area contributed by atoms with Crippen molar-refractivity contribution in [3.05, 3.63) is 58.3 Å². The minimum atomic E-state index is 1.04. The van der Waals surface area contributed by atoms with E-state index in [2.05, 4.69) is 36.4 Å². The number of thiophene rings is 1. The van der Waals surface area contributed by atoms with E-state index < -0.39 is 0 Å². The summed E-state index contributed by atoms with van der Waals surface area (Å²) < 4.78 is 0. The van der Waals surface area contributed by atoms with Gasteiger partial charge < -0.3 is 0 Å². The Morgan fingerprint density at radius 2 is 2.00 bits per heavy atom. The van der Waals surface area contributed by atoms with Crippen molar-refractivity contribution in [2.75, 3.05) is 0 Å². The van der Waals surface area contributed by atoms with Crippen LogP contribution in [-0.2, 0) is 6.42 Å².